The molecule has 0 unspecified atom stereocenters. The molecule has 1 amide bonds. The van der Waals surface area contributed by atoms with Gasteiger partial charge in [0.15, 0.2) is 6.10 Å². The van der Waals surface area contributed by atoms with Crippen LogP contribution in [-0.2, 0) is 4.79 Å². The molecule has 0 heterocycles. The van der Waals surface area contributed by atoms with Gasteiger partial charge in [0.2, 0.25) is 0 Å². The highest BCUT2D eigenvalue weighted by Gasteiger charge is 2.20. The van der Waals surface area contributed by atoms with Crippen LogP contribution in [0.15, 0.2) is 65.1 Å². The second-order valence-corrected chi connectivity index (χ2v) is 6.52. The zero-order valence-electron chi connectivity index (χ0n) is 13.6. The number of halogens is 2. The molecule has 0 aliphatic rings. The fourth-order valence-electron chi connectivity index (χ4n) is 2.58. The van der Waals surface area contributed by atoms with Crippen LogP contribution in [-0.4, -0.2) is 12.0 Å². The van der Waals surface area contributed by atoms with Gasteiger partial charge < -0.3 is 10.1 Å². The predicted octanol–water partition coefficient (Wildman–Crippen LogP) is 5.54. The number of hydrogen-bond acceptors (Lipinski definition) is 2. The summed E-state index contributed by atoms with van der Waals surface area (Å²) in [4.78, 5) is 12.5. The number of rotatable bonds is 5. The second-order valence-electron chi connectivity index (χ2n) is 5.61. The predicted molar refractivity (Wildman–Crippen MR) is 101 cm³/mol. The number of nitrogens with one attached hydrogen (secondary N) is 1. The van der Waals surface area contributed by atoms with Crippen LogP contribution in [0.4, 0.5) is 10.1 Å². The molecule has 0 spiro atoms. The summed E-state index contributed by atoms with van der Waals surface area (Å²) in [5.74, 6) is -0.240. The van der Waals surface area contributed by atoms with E-state index in [0.29, 0.717) is 16.6 Å². The summed E-state index contributed by atoms with van der Waals surface area (Å²) in [6.45, 7) is 1.85. The number of carbonyl (C=O) groups excluding carboxylic acids is 1. The first-order chi connectivity index (χ1) is 12.1. The van der Waals surface area contributed by atoms with E-state index in [9.17, 15) is 9.18 Å². The largest absolute Gasteiger partial charge is 0.480 e. The molecule has 0 aliphatic heterocycles. The Morgan fingerprint density at radius 3 is 2.68 bits per heavy atom. The molecule has 0 aliphatic carbocycles. The molecule has 128 valence electrons. The smallest absolute Gasteiger partial charge is 0.265 e. The molecule has 0 saturated carbocycles. The highest BCUT2D eigenvalue weighted by molar-refractivity contribution is 9.10. The summed E-state index contributed by atoms with van der Waals surface area (Å²) in [5.41, 5.74) is 0.133. The van der Waals surface area contributed by atoms with Gasteiger partial charge in [-0.2, -0.15) is 0 Å². The van der Waals surface area contributed by atoms with Crippen LogP contribution in [0.25, 0.3) is 10.8 Å². The second kappa shape index (κ2) is 7.66. The minimum Gasteiger partial charge on any atom is -0.480 e. The lowest BCUT2D eigenvalue weighted by Gasteiger charge is -2.18. The molecule has 1 atom stereocenters. The van der Waals surface area contributed by atoms with Crippen molar-refractivity contribution in [2.24, 2.45) is 0 Å². The van der Waals surface area contributed by atoms with Gasteiger partial charge in [-0.15, -0.1) is 0 Å². The topological polar surface area (TPSA) is 38.3 Å². The van der Waals surface area contributed by atoms with E-state index < -0.39 is 11.9 Å². The van der Waals surface area contributed by atoms with Crippen molar-refractivity contribution in [2.45, 2.75) is 19.4 Å². The number of ether oxygens (including phenoxy) is 1. The third kappa shape index (κ3) is 3.99. The van der Waals surface area contributed by atoms with Gasteiger partial charge in [-0.3, -0.25) is 4.79 Å². The minimum absolute atomic E-state index is 0.133. The molecule has 25 heavy (non-hydrogen) atoms. The molecule has 0 radical (unpaired) electrons. The zero-order chi connectivity index (χ0) is 17.8. The molecule has 0 saturated heterocycles. The quantitative estimate of drug-likeness (QED) is 0.609. The summed E-state index contributed by atoms with van der Waals surface area (Å²) in [5, 5.41) is 4.57. The molecular weight excluding hydrogens is 385 g/mol. The SMILES string of the molecule is CC[C@H](Oc1cccc2ccccc12)C(=O)Nc1ccc(Br)cc1F. The van der Waals surface area contributed by atoms with E-state index in [1.165, 1.54) is 12.1 Å². The van der Waals surface area contributed by atoms with Gasteiger partial charge in [0.25, 0.3) is 5.91 Å². The number of fused-ring (bicyclic) bond motifs is 1. The van der Waals surface area contributed by atoms with E-state index in [1.807, 2.05) is 49.4 Å². The molecular formula is C20H17BrFNO2. The number of carbonyl (C=O) groups is 1. The number of benzene rings is 3. The Bertz CT molecular complexity index is 908. The summed E-state index contributed by atoms with van der Waals surface area (Å²) in [6, 6.07) is 18.0. The van der Waals surface area contributed by atoms with Gasteiger partial charge in [-0.1, -0.05) is 59.3 Å². The summed E-state index contributed by atoms with van der Waals surface area (Å²) in [6.07, 6.45) is -0.249. The average molecular weight is 402 g/mol. The Labute approximate surface area is 153 Å². The first-order valence-corrected chi connectivity index (χ1v) is 8.78. The first kappa shape index (κ1) is 17.4. The standard InChI is InChI=1S/C20H17BrFNO2/c1-2-18(20(24)23-17-11-10-14(21)12-16(17)22)25-19-9-5-7-13-6-3-4-8-15(13)19/h3-12,18H,2H2,1H3,(H,23,24)/t18-/m0/s1. The van der Waals surface area contributed by atoms with Crippen LogP contribution >= 0.6 is 15.9 Å². The van der Waals surface area contributed by atoms with Gasteiger partial charge in [-0.05, 0) is 36.1 Å². The number of hydrogen-bond donors (Lipinski definition) is 1. The maximum atomic E-state index is 13.9. The molecule has 3 aromatic carbocycles. The highest BCUT2D eigenvalue weighted by Crippen LogP contribution is 2.27. The summed E-state index contributed by atoms with van der Waals surface area (Å²) in [7, 11) is 0. The molecule has 1 N–H and O–H groups in total. The van der Waals surface area contributed by atoms with Gasteiger partial charge in [-0.25, -0.2) is 4.39 Å². The lowest BCUT2D eigenvalue weighted by Crippen LogP contribution is -2.32. The number of amides is 1. The molecule has 3 nitrogen and oxygen atoms in total. The Balaban J connectivity index is 1.80. The van der Waals surface area contributed by atoms with Crippen molar-refractivity contribution in [1.82, 2.24) is 0 Å². The van der Waals surface area contributed by atoms with Crippen LogP contribution in [0.1, 0.15) is 13.3 Å². The van der Waals surface area contributed by atoms with Crippen molar-refractivity contribution < 1.29 is 13.9 Å². The van der Waals surface area contributed by atoms with Crippen molar-refractivity contribution in [3.63, 3.8) is 0 Å². The van der Waals surface area contributed by atoms with Gasteiger partial charge >= 0.3 is 0 Å². The Kier molecular flexibility index (Phi) is 5.34. The van der Waals surface area contributed by atoms with Crippen molar-refractivity contribution in [2.75, 3.05) is 5.32 Å². The van der Waals surface area contributed by atoms with E-state index in [2.05, 4.69) is 21.2 Å². The molecule has 3 rings (SSSR count). The zero-order valence-corrected chi connectivity index (χ0v) is 15.2. The molecule has 0 aromatic heterocycles. The van der Waals surface area contributed by atoms with Crippen molar-refractivity contribution in [3.8, 4) is 5.75 Å². The lowest BCUT2D eigenvalue weighted by molar-refractivity contribution is -0.122. The van der Waals surface area contributed by atoms with E-state index in [0.717, 1.165) is 10.8 Å². The van der Waals surface area contributed by atoms with E-state index in [1.54, 1.807) is 6.07 Å². The van der Waals surface area contributed by atoms with Crippen LogP contribution < -0.4 is 10.1 Å². The first-order valence-electron chi connectivity index (χ1n) is 7.99. The monoisotopic (exact) mass is 401 g/mol. The number of anilines is 1. The lowest BCUT2D eigenvalue weighted by atomic mass is 10.1. The van der Waals surface area contributed by atoms with Crippen molar-refractivity contribution >= 4 is 38.3 Å². The summed E-state index contributed by atoms with van der Waals surface area (Å²) >= 11 is 3.19. The van der Waals surface area contributed by atoms with E-state index in [-0.39, 0.29) is 11.6 Å². The third-order valence-corrected chi connectivity index (χ3v) is 4.36. The molecule has 5 heteroatoms. The van der Waals surface area contributed by atoms with Gasteiger partial charge in [0.05, 0.1) is 5.69 Å². The summed E-state index contributed by atoms with van der Waals surface area (Å²) < 4.78 is 20.5. The van der Waals surface area contributed by atoms with Gasteiger partial charge in [0, 0.05) is 9.86 Å². The van der Waals surface area contributed by atoms with E-state index in [4.69, 9.17) is 4.74 Å². The van der Waals surface area contributed by atoms with Crippen LogP contribution in [0.2, 0.25) is 0 Å². The molecule has 3 aromatic rings. The fraction of sp³-hybridized carbons (Fsp3) is 0.150. The molecule has 0 fully saturated rings. The normalized spacial score (nSPS) is 12.0. The average Bonchev–Trinajstić information content (AvgIpc) is 2.62. The van der Waals surface area contributed by atoms with Gasteiger partial charge in [0.1, 0.15) is 11.6 Å². The van der Waals surface area contributed by atoms with Crippen LogP contribution in [0.5, 0.6) is 5.75 Å². The minimum atomic E-state index is -0.714. The Hall–Kier alpha value is -2.40. The Morgan fingerprint density at radius 1 is 1.16 bits per heavy atom. The van der Waals surface area contributed by atoms with Crippen LogP contribution in [0.3, 0.4) is 0 Å². The van der Waals surface area contributed by atoms with Crippen LogP contribution in [0, 0.1) is 5.82 Å². The Morgan fingerprint density at radius 2 is 1.92 bits per heavy atom. The maximum Gasteiger partial charge on any atom is 0.265 e. The van der Waals surface area contributed by atoms with Crippen molar-refractivity contribution in [1.29, 1.82) is 0 Å². The fourth-order valence-corrected chi connectivity index (χ4v) is 2.91. The third-order valence-electron chi connectivity index (χ3n) is 3.87. The maximum absolute atomic E-state index is 13.9. The highest BCUT2D eigenvalue weighted by atomic mass is 79.9. The van der Waals surface area contributed by atoms with Crippen molar-refractivity contribution in [3.05, 3.63) is 71.0 Å². The van der Waals surface area contributed by atoms with E-state index >= 15 is 0 Å². The molecule has 0 bridgehead atoms.